The molecular formula is C25H25FN4O3. The maximum absolute atomic E-state index is 14.3. The van der Waals surface area contributed by atoms with Gasteiger partial charge >= 0.3 is 0 Å². The number of aromatic amines is 1. The van der Waals surface area contributed by atoms with Gasteiger partial charge in [0, 0.05) is 41.4 Å². The molecule has 5 rings (SSSR count). The number of primary amides is 1. The fourth-order valence-corrected chi connectivity index (χ4v) is 4.73. The lowest BCUT2D eigenvalue weighted by molar-refractivity contribution is -0.123. The van der Waals surface area contributed by atoms with Crippen molar-refractivity contribution in [3.63, 3.8) is 0 Å². The average Bonchev–Trinajstić information content (AvgIpc) is 3.18. The summed E-state index contributed by atoms with van der Waals surface area (Å²) in [6.07, 6.45) is -0.434. The number of β-amino-alcohol motifs (C(OH)–C–C–N with tert-alkyl or cyclic N) is 1. The molecule has 33 heavy (non-hydrogen) atoms. The maximum atomic E-state index is 14.3. The van der Waals surface area contributed by atoms with Crippen LogP contribution in [-0.4, -0.2) is 45.6 Å². The number of nitrogens with two attached hydrogens (primary N) is 1. The van der Waals surface area contributed by atoms with Gasteiger partial charge < -0.3 is 20.6 Å². The Morgan fingerprint density at radius 1 is 1.36 bits per heavy atom. The van der Waals surface area contributed by atoms with E-state index in [9.17, 15) is 14.3 Å². The molecule has 4 aromatic rings. The highest BCUT2D eigenvalue weighted by Crippen LogP contribution is 2.38. The van der Waals surface area contributed by atoms with Crippen LogP contribution in [0.1, 0.15) is 35.5 Å². The van der Waals surface area contributed by atoms with Gasteiger partial charge in [0.1, 0.15) is 0 Å². The summed E-state index contributed by atoms with van der Waals surface area (Å²) in [5.74, 6) is -0.697. The van der Waals surface area contributed by atoms with Crippen molar-refractivity contribution in [2.45, 2.75) is 32.0 Å². The van der Waals surface area contributed by atoms with Crippen LogP contribution in [0.2, 0.25) is 0 Å². The minimum absolute atomic E-state index is 0.187. The van der Waals surface area contributed by atoms with Crippen molar-refractivity contribution < 1.29 is 19.0 Å². The molecule has 2 aromatic heterocycles. The summed E-state index contributed by atoms with van der Waals surface area (Å²) in [6, 6.07) is 12.2. The van der Waals surface area contributed by atoms with E-state index in [4.69, 9.17) is 15.5 Å². The second kappa shape index (κ2) is 8.13. The maximum Gasteiger partial charge on any atom is 0.234 e. The molecule has 170 valence electrons. The van der Waals surface area contributed by atoms with Crippen LogP contribution in [0.5, 0.6) is 5.75 Å². The molecule has 4 N–H and O–H groups in total. The Balaban J connectivity index is 1.69. The number of amides is 1. The Bertz CT molecular complexity index is 1380. The molecule has 0 saturated heterocycles. The number of aliphatic hydroxyl groups excluding tert-OH is 1. The summed E-state index contributed by atoms with van der Waals surface area (Å²) in [6.45, 7) is 2.40. The number of halogens is 1. The molecule has 0 radical (unpaired) electrons. The van der Waals surface area contributed by atoms with Crippen LogP contribution in [0.4, 0.5) is 4.39 Å². The Morgan fingerprint density at radius 3 is 2.88 bits per heavy atom. The van der Waals surface area contributed by atoms with E-state index >= 15 is 0 Å². The zero-order valence-electron chi connectivity index (χ0n) is 18.4. The lowest BCUT2D eigenvalue weighted by Gasteiger charge is -2.35. The molecule has 0 spiro atoms. The number of H-pyrrole nitrogens is 1. The number of fused-ring (bicyclic) bond motifs is 5. The van der Waals surface area contributed by atoms with E-state index in [1.54, 1.807) is 13.0 Å². The first kappa shape index (κ1) is 21.4. The van der Waals surface area contributed by atoms with Crippen LogP contribution < -0.4 is 10.5 Å². The topological polar surface area (TPSA) is 104 Å². The van der Waals surface area contributed by atoms with E-state index in [1.807, 2.05) is 35.2 Å². The summed E-state index contributed by atoms with van der Waals surface area (Å²) >= 11 is 0. The average molecular weight is 448 g/mol. The quantitative estimate of drug-likeness (QED) is 0.435. The molecule has 3 heterocycles. The zero-order valence-corrected chi connectivity index (χ0v) is 18.4. The molecule has 0 fully saturated rings. The largest absolute Gasteiger partial charge is 0.494 e. The number of hydrogen-bond donors (Lipinski definition) is 3. The summed E-state index contributed by atoms with van der Waals surface area (Å²) < 4.78 is 19.4. The van der Waals surface area contributed by atoms with E-state index < -0.39 is 23.9 Å². The van der Waals surface area contributed by atoms with Gasteiger partial charge in [-0.3, -0.25) is 14.7 Å². The van der Waals surface area contributed by atoms with Crippen molar-refractivity contribution in [1.29, 1.82) is 0 Å². The minimum Gasteiger partial charge on any atom is -0.494 e. The van der Waals surface area contributed by atoms with Crippen LogP contribution in [0.25, 0.3) is 21.8 Å². The van der Waals surface area contributed by atoms with E-state index in [2.05, 4.69) is 4.98 Å². The molecule has 2 unspecified atom stereocenters. The first-order valence-electron chi connectivity index (χ1n) is 10.8. The van der Waals surface area contributed by atoms with Gasteiger partial charge in [-0.25, -0.2) is 4.39 Å². The highest BCUT2D eigenvalue weighted by molar-refractivity contribution is 6.10. The third-order valence-corrected chi connectivity index (χ3v) is 6.49. The van der Waals surface area contributed by atoms with Gasteiger partial charge in [0.2, 0.25) is 5.91 Å². The smallest absolute Gasteiger partial charge is 0.234 e. The lowest BCUT2D eigenvalue weighted by Crippen LogP contribution is -2.46. The molecule has 2 atom stereocenters. The first-order valence-corrected chi connectivity index (χ1v) is 10.8. The molecule has 7 nitrogen and oxygen atoms in total. The van der Waals surface area contributed by atoms with Gasteiger partial charge in [-0.2, -0.15) is 0 Å². The monoisotopic (exact) mass is 448 g/mol. The summed E-state index contributed by atoms with van der Waals surface area (Å²) in [7, 11) is 1.43. The highest BCUT2D eigenvalue weighted by atomic mass is 19.1. The number of nitrogens with zero attached hydrogens (tertiary/aromatic N) is 2. The number of pyridine rings is 1. The van der Waals surface area contributed by atoms with Crippen LogP contribution in [0, 0.1) is 5.82 Å². The molecule has 0 aliphatic carbocycles. The lowest BCUT2D eigenvalue weighted by atomic mass is 9.93. The van der Waals surface area contributed by atoms with Crippen LogP contribution in [0.15, 0.2) is 42.5 Å². The van der Waals surface area contributed by atoms with Gasteiger partial charge in [0.25, 0.3) is 0 Å². The number of methoxy groups -OCH3 is 1. The van der Waals surface area contributed by atoms with E-state index in [0.29, 0.717) is 18.7 Å². The second-order valence-corrected chi connectivity index (χ2v) is 8.51. The highest BCUT2D eigenvalue weighted by Gasteiger charge is 2.33. The Hall–Kier alpha value is -3.49. The number of ether oxygens (including phenoxy) is 1. The van der Waals surface area contributed by atoms with Crippen molar-refractivity contribution in [2.75, 3.05) is 13.7 Å². The predicted octanol–water partition coefficient (Wildman–Crippen LogP) is 3.18. The number of carbonyl (C=O) groups excluding carboxylic acids is 1. The molecule has 1 amide bonds. The third kappa shape index (κ3) is 3.61. The molecular weight excluding hydrogens is 423 g/mol. The van der Waals surface area contributed by atoms with Crippen molar-refractivity contribution in [3.8, 4) is 5.75 Å². The Kier molecular flexibility index (Phi) is 5.26. The molecule has 2 aromatic carbocycles. The molecule has 1 aliphatic heterocycles. The van der Waals surface area contributed by atoms with Crippen molar-refractivity contribution in [2.24, 2.45) is 5.73 Å². The fourth-order valence-electron chi connectivity index (χ4n) is 4.73. The number of benzene rings is 2. The summed E-state index contributed by atoms with van der Waals surface area (Å²) in [4.78, 5) is 22.0. The standard InChI is InChI=1S/C25H25FN4O3/c1-13(25(27)32)30-11-19-23(20(31)12-30)22-15-5-3-4-6-17(15)29-24(22)18(28-19)10-14-7-8-21(33-2)16(26)9-14/h3-9,13,20,29,31H,10-12H2,1-2H3,(H2,27,32). The number of aliphatic hydroxyl groups is 1. The first-order chi connectivity index (χ1) is 15.9. The number of rotatable bonds is 5. The van der Waals surface area contributed by atoms with Crippen LogP contribution in [0.3, 0.4) is 0 Å². The van der Waals surface area contributed by atoms with Crippen molar-refractivity contribution in [3.05, 3.63) is 70.8 Å². The van der Waals surface area contributed by atoms with Gasteiger partial charge in [-0.1, -0.05) is 24.3 Å². The fraction of sp³-hybridized carbons (Fsp3) is 0.280. The number of nitrogens with one attached hydrogen (secondary N) is 1. The van der Waals surface area contributed by atoms with Gasteiger partial charge in [0.05, 0.1) is 36.2 Å². The molecule has 0 bridgehead atoms. The number of para-hydroxylation sites is 1. The number of aromatic nitrogens is 2. The normalized spacial score (nSPS) is 17.3. The second-order valence-electron chi connectivity index (χ2n) is 8.51. The van der Waals surface area contributed by atoms with Gasteiger partial charge in [-0.05, 0) is 30.7 Å². The summed E-state index contributed by atoms with van der Waals surface area (Å²) in [5, 5.41) is 13.0. The summed E-state index contributed by atoms with van der Waals surface area (Å²) in [5.41, 5.74) is 10.2. The van der Waals surface area contributed by atoms with E-state index in [0.717, 1.165) is 38.6 Å². The number of carbonyl (C=O) groups is 1. The van der Waals surface area contributed by atoms with Gasteiger partial charge in [0.15, 0.2) is 11.6 Å². The Labute approximate surface area is 190 Å². The molecule has 0 saturated carbocycles. The van der Waals surface area contributed by atoms with Crippen LogP contribution >= 0.6 is 0 Å². The predicted molar refractivity (Wildman–Crippen MR) is 123 cm³/mol. The Morgan fingerprint density at radius 2 is 2.15 bits per heavy atom. The van der Waals surface area contributed by atoms with Crippen LogP contribution in [-0.2, 0) is 17.8 Å². The van der Waals surface area contributed by atoms with E-state index in [-0.39, 0.29) is 12.3 Å². The van der Waals surface area contributed by atoms with E-state index in [1.165, 1.54) is 13.2 Å². The molecule has 1 aliphatic rings. The van der Waals surface area contributed by atoms with Crippen molar-refractivity contribution >= 4 is 27.7 Å². The number of hydrogen-bond acceptors (Lipinski definition) is 5. The third-order valence-electron chi connectivity index (χ3n) is 6.49. The zero-order chi connectivity index (χ0) is 23.3. The van der Waals surface area contributed by atoms with Gasteiger partial charge in [-0.15, -0.1) is 0 Å². The minimum atomic E-state index is -0.822. The van der Waals surface area contributed by atoms with Crippen molar-refractivity contribution in [1.82, 2.24) is 14.9 Å². The molecule has 8 heteroatoms. The SMILES string of the molecule is COc1ccc(Cc2nc3c(c4c2[nH]c2ccccc24)C(O)CN(C(C)C(N)=O)C3)cc1F.